The molecule has 1 aliphatic carbocycles. The topological polar surface area (TPSA) is 77.2 Å². The van der Waals surface area contributed by atoms with Crippen LogP contribution in [0.2, 0.25) is 5.02 Å². The summed E-state index contributed by atoms with van der Waals surface area (Å²) < 4.78 is 0. The second kappa shape index (κ2) is 4.84. The number of aliphatic carboxylic acids is 1. The summed E-state index contributed by atoms with van der Waals surface area (Å²) in [5.74, 6) is -0.534. The quantitative estimate of drug-likeness (QED) is 0.917. The Balaban J connectivity index is 1.79. The summed E-state index contributed by atoms with van der Waals surface area (Å²) in [5.41, 5.74) is 1.58. The van der Waals surface area contributed by atoms with E-state index in [1.807, 2.05) is 12.1 Å². The third-order valence-electron chi connectivity index (χ3n) is 5.16. The number of fused-ring (bicyclic) bond motifs is 2. The fraction of sp³-hybridized carbons (Fsp3) is 0.353. The first kappa shape index (κ1) is 14.3. The summed E-state index contributed by atoms with van der Waals surface area (Å²) in [6, 6.07) is 7.64. The minimum atomic E-state index is -0.690. The molecule has 0 amide bonds. The number of nitrogens with zero attached hydrogens (tertiary/aromatic N) is 3. The molecule has 6 heteroatoms. The molecule has 1 saturated carbocycles. The zero-order valence-corrected chi connectivity index (χ0v) is 13.0. The van der Waals surface area contributed by atoms with Crippen molar-refractivity contribution in [2.45, 2.75) is 12.8 Å². The van der Waals surface area contributed by atoms with Gasteiger partial charge in [-0.25, -0.2) is 0 Å². The van der Waals surface area contributed by atoms with E-state index in [-0.39, 0.29) is 5.92 Å². The first-order valence-corrected chi connectivity index (χ1v) is 7.90. The molecule has 1 N–H and O–H groups in total. The molecule has 1 aromatic carbocycles. The molecule has 2 heterocycles. The van der Waals surface area contributed by atoms with Crippen LogP contribution < -0.4 is 4.90 Å². The standard InChI is InChI=1S/C17H14ClN3O2/c18-12-1-2-14-13(5-12)15(10(7-19)8-20-14)21-4-3-17(16(22)23)6-11(17)9-21/h1-2,5,8,11H,3-4,6,9H2,(H,22,23). The van der Waals surface area contributed by atoms with Crippen LogP contribution in [-0.4, -0.2) is 29.1 Å². The van der Waals surface area contributed by atoms with Gasteiger partial charge in [0.1, 0.15) is 6.07 Å². The summed E-state index contributed by atoms with van der Waals surface area (Å²) in [6.07, 6.45) is 2.92. The van der Waals surface area contributed by atoms with E-state index >= 15 is 0 Å². The van der Waals surface area contributed by atoms with Gasteiger partial charge >= 0.3 is 5.97 Å². The number of carboxylic acid groups (broad SMARTS) is 1. The van der Waals surface area contributed by atoms with Gasteiger partial charge < -0.3 is 10.0 Å². The Morgan fingerprint density at radius 3 is 3.04 bits per heavy atom. The fourth-order valence-electron chi connectivity index (χ4n) is 3.76. The maximum Gasteiger partial charge on any atom is 0.310 e. The number of nitriles is 1. The molecule has 1 aliphatic heterocycles. The van der Waals surface area contributed by atoms with E-state index in [2.05, 4.69) is 16.0 Å². The number of hydrogen-bond acceptors (Lipinski definition) is 4. The minimum absolute atomic E-state index is 0.155. The van der Waals surface area contributed by atoms with Crippen molar-refractivity contribution >= 4 is 34.2 Å². The number of aromatic nitrogens is 1. The second-order valence-corrected chi connectivity index (χ2v) is 6.79. The third-order valence-corrected chi connectivity index (χ3v) is 5.40. The lowest BCUT2D eigenvalue weighted by molar-refractivity contribution is -0.144. The van der Waals surface area contributed by atoms with Gasteiger partial charge in [-0.1, -0.05) is 11.6 Å². The molecule has 23 heavy (non-hydrogen) atoms. The Hall–Kier alpha value is -2.32. The molecular weight excluding hydrogens is 314 g/mol. The minimum Gasteiger partial charge on any atom is -0.481 e. The van der Waals surface area contributed by atoms with Crippen LogP contribution in [0, 0.1) is 22.7 Å². The van der Waals surface area contributed by atoms with Crippen molar-refractivity contribution in [1.29, 1.82) is 5.26 Å². The summed E-state index contributed by atoms with van der Waals surface area (Å²) in [5, 5.41) is 20.3. The molecule has 1 aromatic heterocycles. The van der Waals surface area contributed by atoms with Crippen LogP contribution >= 0.6 is 11.6 Å². The molecular formula is C17H14ClN3O2. The molecule has 0 bridgehead atoms. The average molecular weight is 328 g/mol. The maximum absolute atomic E-state index is 11.4. The van der Waals surface area contributed by atoms with Gasteiger partial charge in [0, 0.05) is 29.7 Å². The first-order valence-electron chi connectivity index (χ1n) is 7.52. The van der Waals surface area contributed by atoms with Crippen LogP contribution in [0.15, 0.2) is 24.4 Å². The predicted octanol–water partition coefficient (Wildman–Crippen LogP) is 3.06. The Kier molecular flexibility index (Phi) is 3.00. The number of piperidine rings is 1. The number of pyridine rings is 1. The number of hydrogen-bond donors (Lipinski definition) is 1. The highest BCUT2D eigenvalue weighted by Gasteiger charge is 2.62. The number of rotatable bonds is 2. The summed E-state index contributed by atoms with van der Waals surface area (Å²) in [7, 11) is 0. The summed E-state index contributed by atoms with van der Waals surface area (Å²) >= 11 is 6.12. The van der Waals surface area contributed by atoms with Crippen LogP contribution in [0.1, 0.15) is 18.4 Å². The Labute approximate surface area is 138 Å². The van der Waals surface area contributed by atoms with Crippen molar-refractivity contribution in [2.75, 3.05) is 18.0 Å². The van der Waals surface area contributed by atoms with Gasteiger partial charge in [0.2, 0.25) is 0 Å². The van der Waals surface area contributed by atoms with Gasteiger partial charge in [0.15, 0.2) is 0 Å². The van der Waals surface area contributed by atoms with Crippen LogP contribution in [0.25, 0.3) is 10.9 Å². The molecule has 2 atom stereocenters. The van der Waals surface area contributed by atoms with Crippen molar-refractivity contribution in [1.82, 2.24) is 4.98 Å². The van der Waals surface area contributed by atoms with E-state index in [9.17, 15) is 15.2 Å². The van der Waals surface area contributed by atoms with E-state index in [0.29, 0.717) is 30.1 Å². The van der Waals surface area contributed by atoms with E-state index in [1.54, 1.807) is 12.3 Å². The van der Waals surface area contributed by atoms with Crippen LogP contribution in [0.5, 0.6) is 0 Å². The van der Waals surface area contributed by atoms with Crippen LogP contribution in [0.3, 0.4) is 0 Å². The number of anilines is 1. The second-order valence-electron chi connectivity index (χ2n) is 6.35. The van der Waals surface area contributed by atoms with E-state index in [1.165, 1.54) is 0 Å². The van der Waals surface area contributed by atoms with Gasteiger partial charge in [-0.15, -0.1) is 0 Å². The zero-order chi connectivity index (χ0) is 16.2. The monoisotopic (exact) mass is 327 g/mol. The maximum atomic E-state index is 11.4. The van der Waals surface area contributed by atoms with Gasteiger partial charge in [-0.3, -0.25) is 9.78 Å². The van der Waals surface area contributed by atoms with Crippen LogP contribution in [-0.2, 0) is 4.79 Å². The number of halogens is 1. The fourth-order valence-corrected chi connectivity index (χ4v) is 3.94. The van der Waals surface area contributed by atoms with E-state index < -0.39 is 11.4 Å². The summed E-state index contributed by atoms with van der Waals surface area (Å²) in [4.78, 5) is 17.9. The zero-order valence-electron chi connectivity index (χ0n) is 12.3. The van der Waals surface area contributed by atoms with Crippen molar-refractivity contribution in [3.8, 4) is 6.07 Å². The molecule has 2 unspecified atom stereocenters. The van der Waals surface area contributed by atoms with Crippen LogP contribution in [0.4, 0.5) is 5.69 Å². The predicted molar refractivity (Wildman–Crippen MR) is 86.5 cm³/mol. The number of carbonyl (C=O) groups is 1. The largest absolute Gasteiger partial charge is 0.481 e. The van der Waals surface area contributed by atoms with E-state index in [0.717, 1.165) is 23.0 Å². The first-order chi connectivity index (χ1) is 11.0. The highest BCUT2D eigenvalue weighted by atomic mass is 35.5. The Morgan fingerprint density at radius 2 is 2.35 bits per heavy atom. The van der Waals surface area contributed by atoms with Crippen molar-refractivity contribution in [3.05, 3.63) is 35.0 Å². The van der Waals surface area contributed by atoms with Crippen molar-refractivity contribution in [3.63, 3.8) is 0 Å². The molecule has 0 spiro atoms. The molecule has 116 valence electrons. The smallest absolute Gasteiger partial charge is 0.310 e. The van der Waals surface area contributed by atoms with Gasteiger partial charge in [-0.2, -0.15) is 5.26 Å². The lowest BCUT2D eigenvalue weighted by Gasteiger charge is -2.32. The van der Waals surface area contributed by atoms with Gasteiger partial charge in [0.05, 0.1) is 22.2 Å². The average Bonchev–Trinajstić information content (AvgIpc) is 3.28. The van der Waals surface area contributed by atoms with Crippen molar-refractivity contribution < 1.29 is 9.90 Å². The third kappa shape index (κ3) is 2.06. The molecule has 0 radical (unpaired) electrons. The lowest BCUT2D eigenvalue weighted by Crippen LogP contribution is -2.38. The lowest BCUT2D eigenvalue weighted by atomic mass is 9.94. The van der Waals surface area contributed by atoms with Gasteiger partial charge in [0.25, 0.3) is 0 Å². The Bertz CT molecular complexity index is 876. The molecule has 4 rings (SSSR count). The van der Waals surface area contributed by atoms with E-state index in [4.69, 9.17) is 11.6 Å². The number of benzene rings is 1. The van der Waals surface area contributed by atoms with Gasteiger partial charge in [-0.05, 0) is 37.0 Å². The molecule has 2 aromatic rings. The normalized spacial score (nSPS) is 25.7. The summed E-state index contributed by atoms with van der Waals surface area (Å²) in [6.45, 7) is 1.29. The SMILES string of the molecule is N#Cc1cnc2ccc(Cl)cc2c1N1CCC2(C(=O)O)CC2C1. The molecule has 5 nitrogen and oxygen atoms in total. The van der Waals surface area contributed by atoms with Crippen molar-refractivity contribution in [2.24, 2.45) is 11.3 Å². The highest BCUT2D eigenvalue weighted by Crippen LogP contribution is 2.58. The Morgan fingerprint density at radius 1 is 1.52 bits per heavy atom. The number of carboxylic acids is 1. The molecule has 2 fully saturated rings. The molecule has 2 aliphatic rings. The highest BCUT2D eigenvalue weighted by molar-refractivity contribution is 6.31. The molecule has 1 saturated heterocycles.